The summed E-state index contributed by atoms with van der Waals surface area (Å²) in [5.41, 5.74) is 2.14. The van der Waals surface area contributed by atoms with Crippen LogP contribution in [-0.4, -0.2) is 65.1 Å². The number of sulfonamides is 1. The third-order valence-corrected chi connectivity index (χ3v) is 8.17. The molecule has 3 heterocycles. The van der Waals surface area contributed by atoms with Gasteiger partial charge in [0.05, 0.1) is 11.7 Å². The van der Waals surface area contributed by atoms with Gasteiger partial charge in [-0.3, -0.25) is 9.69 Å². The summed E-state index contributed by atoms with van der Waals surface area (Å²) < 4.78 is 37.1. The van der Waals surface area contributed by atoms with Gasteiger partial charge in [-0.25, -0.2) is 8.42 Å². The van der Waals surface area contributed by atoms with E-state index in [0.29, 0.717) is 24.1 Å². The zero-order valence-electron chi connectivity index (χ0n) is 17.4. The van der Waals surface area contributed by atoms with Gasteiger partial charge in [0.1, 0.15) is 22.0 Å². The normalized spacial score (nSPS) is 16.8. The Bertz CT molecular complexity index is 1140. The molecule has 1 unspecified atom stereocenters. The maximum atomic E-state index is 13.2. The van der Waals surface area contributed by atoms with Crippen LogP contribution < -0.4 is 4.72 Å². The predicted molar refractivity (Wildman–Crippen MR) is 123 cm³/mol. The van der Waals surface area contributed by atoms with Crippen LogP contribution in [0.4, 0.5) is 0 Å². The zero-order valence-corrected chi connectivity index (χ0v) is 19.8. The van der Waals surface area contributed by atoms with E-state index in [1.54, 1.807) is 28.4 Å². The van der Waals surface area contributed by atoms with Gasteiger partial charge in [0.2, 0.25) is 15.9 Å². The van der Waals surface area contributed by atoms with E-state index in [1.165, 1.54) is 11.6 Å². The molecular weight excluding hydrogens is 454 g/mol. The molecule has 0 saturated carbocycles. The Morgan fingerprint density at radius 2 is 1.94 bits per heavy atom. The van der Waals surface area contributed by atoms with Crippen LogP contribution in [0.15, 0.2) is 39.9 Å². The van der Waals surface area contributed by atoms with E-state index in [4.69, 9.17) is 0 Å². The SMILES string of the molecule is CC(C)C(NS(=O)(=O)c1cccc2nsnc12)C(=O)N1CCN(Cc2ccsc2)CC1. The van der Waals surface area contributed by atoms with Crippen molar-refractivity contribution in [2.45, 2.75) is 31.3 Å². The Kier molecular flexibility index (Phi) is 6.68. The van der Waals surface area contributed by atoms with Gasteiger partial charge in [0.25, 0.3) is 0 Å². The maximum Gasteiger partial charge on any atom is 0.243 e. The highest BCUT2D eigenvalue weighted by Crippen LogP contribution is 2.22. The van der Waals surface area contributed by atoms with Crippen molar-refractivity contribution in [2.24, 2.45) is 5.92 Å². The van der Waals surface area contributed by atoms with E-state index >= 15 is 0 Å². The lowest BCUT2D eigenvalue weighted by Gasteiger charge is -2.37. The summed E-state index contributed by atoms with van der Waals surface area (Å²) in [6, 6.07) is 6.13. The number of rotatable bonds is 7. The molecular formula is C20H25N5O3S3. The third kappa shape index (κ3) is 4.96. The van der Waals surface area contributed by atoms with E-state index < -0.39 is 16.1 Å². The highest BCUT2D eigenvalue weighted by Gasteiger charge is 2.34. The number of carbonyl (C=O) groups excluding carboxylic acids is 1. The van der Waals surface area contributed by atoms with Gasteiger partial charge < -0.3 is 4.90 Å². The van der Waals surface area contributed by atoms with E-state index in [-0.39, 0.29) is 16.7 Å². The number of aromatic nitrogens is 2. The Hall–Kier alpha value is -1.92. The largest absolute Gasteiger partial charge is 0.339 e. The second-order valence-corrected chi connectivity index (χ2v) is 11.0. The summed E-state index contributed by atoms with van der Waals surface area (Å²) in [5.74, 6) is -0.379. The number of hydrogen-bond donors (Lipinski definition) is 1. The fourth-order valence-corrected chi connectivity index (χ4v) is 6.43. The molecule has 3 aromatic rings. The van der Waals surface area contributed by atoms with Gasteiger partial charge in [-0.2, -0.15) is 24.8 Å². The molecule has 1 aliphatic heterocycles. The molecule has 31 heavy (non-hydrogen) atoms. The number of amides is 1. The molecule has 11 heteroatoms. The monoisotopic (exact) mass is 479 g/mol. The van der Waals surface area contributed by atoms with E-state index in [9.17, 15) is 13.2 Å². The molecule has 0 spiro atoms. The molecule has 1 fully saturated rings. The predicted octanol–water partition coefficient (Wildman–Crippen LogP) is 2.40. The topological polar surface area (TPSA) is 95.5 Å². The molecule has 1 aliphatic rings. The summed E-state index contributed by atoms with van der Waals surface area (Å²) in [5, 5.41) is 4.20. The minimum absolute atomic E-state index is 0.0535. The first-order chi connectivity index (χ1) is 14.8. The number of piperazine rings is 1. The van der Waals surface area contributed by atoms with Crippen LogP contribution in [-0.2, 0) is 21.4 Å². The van der Waals surface area contributed by atoms with Crippen molar-refractivity contribution >= 4 is 50.0 Å². The maximum absolute atomic E-state index is 13.2. The van der Waals surface area contributed by atoms with Crippen LogP contribution >= 0.6 is 23.1 Å². The number of nitrogens with zero attached hydrogens (tertiary/aromatic N) is 4. The van der Waals surface area contributed by atoms with Crippen molar-refractivity contribution in [2.75, 3.05) is 26.2 Å². The molecule has 0 bridgehead atoms. The molecule has 2 aromatic heterocycles. The molecule has 1 saturated heterocycles. The van der Waals surface area contributed by atoms with Gasteiger partial charge in [0.15, 0.2) is 0 Å². The number of hydrogen-bond acceptors (Lipinski definition) is 8. The second kappa shape index (κ2) is 9.29. The van der Waals surface area contributed by atoms with Crippen LogP contribution in [0.1, 0.15) is 19.4 Å². The highest BCUT2D eigenvalue weighted by atomic mass is 32.2. The minimum Gasteiger partial charge on any atom is -0.339 e. The first-order valence-corrected chi connectivity index (χ1v) is 13.3. The smallest absolute Gasteiger partial charge is 0.243 e. The summed E-state index contributed by atoms with van der Waals surface area (Å²) >= 11 is 2.65. The lowest BCUT2D eigenvalue weighted by Crippen LogP contribution is -2.56. The third-order valence-electron chi connectivity index (χ3n) is 5.42. The van der Waals surface area contributed by atoms with Gasteiger partial charge in [0, 0.05) is 32.7 Å². The first-order valence-electron chi connectivity index (χ1n) is 10.1. The number of nitrogens with one attached hydrogen (secondary N) is 1. The highest BCUT2D eigenvalue weighted by molar-refractivity contribution is 7.89. The summed E-state index contributed by atoms with van der Waals surface area (Å²) in [7, 11) is -3.93. The van der Waals surface area contributed by atoms with Crippen molar-refractivity contribution in [3.8, 4) is 0 Å². The van der Waals surface area contributed by atoms with Crippen LogP contribution in [0.2, 0.25) is 0 Å². The summed E-state index contributed by atoms with van der Waals surface area (Å²) in [6.07, 6.45) is 0. The van der Waals surface area contributed by atoms with Crippen LogP contribution in [0.25, 0.3) is 11.0 Å². The van der Waals surface area contributed by atoms with Crippen molar-refractivity contribution in [1.29, 1.82) is 0 Å². The van der Waals surface area contributed by atoms with Gasteiger partial charge >= 0.3 is 0 Å². The van der Waals surface area contributed by atoms with E-state index in [2.05, 4.69) is 35.2 Å². The fourth-order valence-electron chi connectivity index (χ4n) is 3.66. The van der Waals surface area contributed by atoms with E-state index in [1.807, 2.05) is 13.8 Å². The molecule has 0 aliphatic carbocycles. The van der Waals surface area contributed by atoms with Crippen LogP contribution in [0, 0.1) is 5.92 Å². The fraction of sp³-hybridized carbons (Fsp3) is 0.450. The van der Waals surface area contributed by atoms with Crippen molar-refractivity contribution < 1.29 is 13.2 Å². The van der Waals surface area contributed by atoms with Gasteiger partial charge in [-0.05, 0) is 40.4 Å². The van der Waals surface area contributed by atoms with Crippen LogP contribution in [0.5, 0.6) is 0 Å². The van der Waals surface area contributed by atoms with Crippen molar-refractivity contribution in [1.82, 2.24) is 23.3 Å². The Morgan fingerprint density at radius 3 is 2.61 bits per heavy atom. The number of thiophene rings is 1. The van der Waals surface area contributed by atoms with Gasteiger partial charge in [-0.15, -0.1) is 0 Å². The molecule has 1 N–H and O–H groups in total. The summed E-state index contributed by atoms with van der Waals surface area (Å²) in [6.45, 7) is 7.27. The lowest BCUT2D eigenvalue weighted by molar-refractivity contribution is -0.135. The quantitative estimate of drug-likeness (QED) is 0.559. The molecule has 1 amide bonds. The number of carbonyl (C=O) groups is 1. The van der Waals surface area contributed by atoms with Crippen LogP contribution in [0.3, 0.4) is 0 Å². The molecule has 8 nitrogen and oxygen atoms in total. The lowest BCUT2D eigenvalue weighted by atomic mass is 10.0. The average Bonchev–Trinajstić information content (AvgIpc) is 3.43. The van der Waals surface area contributed by atoms with Gasteiger partial charge in [-0.1, -0.05) is 19.9 Å². The molecule has 1 atom stereocenters. The second-order valence-electron chi connectivity index (χ2n) is 7.96. The minimum atomic E-state index is -3.93. The standard InChI is InChI=1S/C20H25N5O3S3/c1-14(2)18(23-31(27,28)17-5-3-4-16-19(17)22-30-21-16)20(26)25-9-7-24(8-10-25)12-15-6-11-29-13-15/h3-6,11,13-14,18,23H,7-10,12H2,1-2H3. The number of benzene rings is 1. The Balaban J connectivity index is 1.45. The molecule has 166 valence electrons. The van der Waals surface area contributed by atoms with E-state index in [0.717, 1.165) is 31.4 Å². The van der Waals surface area contributed by atoms with Crippen molar-refractivity contribution in [3.63, 3.8) is 0 Å². The number of fused-ring (bicyclic) bond motifs is 1. The zero-order chi connectivity index (χ0) is 22.0. The average molecular weight is 480 g/mol. The molecule has 4 rings (SSSR count). The molecule has 0 radical (unpaired) electrons. The summed E-state index contributed by atoms with van der Waals surface area (Å²) in [4.78, 5) is 17.4. The Morgan fingerprint density at radius 1 is 1.16 bits per heavy atom. The Labute approximate surface area is 190 Å². The van der Waals surface area contributed by atoms with Crippen molar-refractivity contribution in [3.05, 3.63) is 40.6 Å². The first kappa shape index (κ1) is 22.3. The molecule has 1 aromatic carbocycles.